The lowest BCUT2D eigenvalue weighted by molar-refractivity contribution is -0.137. The fourth-order valence-corrected chi connectivity index (χ4v) is 2.28. The summed E-state index contributed by atoms with van der Waals surface area (Å²) in [6, 6.07) is 7.84. The fraction of sp³-hybridized carbons (Fsp3) is 0.111. The van der Waals surface area contributed by atoms with Crippen LogP contribution in [0.15, 0.2) is 54.9 Å². The number of halogens is 4. The molecule has 3 aromatic rings. The number of fused-ring (bicyclic) bond motifs is 1. The molecule has 1 aromatic carbocycles. The first-order valence-electron chi connectivity index (χ1n) is 7.57. The van der Waals surface area contributed by atoms with Crippen molar-refractivity contribution >= 4 is 17.6 Å². The van der Waals surface area contributed by atoms with E-state index in [1.165, 1.54) is 53.1 Å². The monoisotopic (exact) mass is 363 g/mol. The lowest BCUT2D eigenvalue weighted by Crippen LogP contribution is -2.20. The van der Waals surface area contributed by atoms with E-state index in [2.05, 4.69) is 10.3 Å². The van der Waals surface area contributed by atoms with Gasteiger partial charge in [0.15, 0.2) is 0 Å². The molecular formula is C18H13F4N3O. The Kier molecular flexibility index (Phi) is 4.75. The van der Waals surface area contributed by atoms with Gasteiger partial charge in [0.1, 0.15) is 11.5 Å². The summed E-state index contributed by atoms with van der Waals surface area (Å²) in [5.74, 6) is -0.769. The highest BCUT2D eigenvalue weighted by molar-refractivity contribution is 5.91. The van der Waals surface area contributed by atoms with Crippen molar-refractivity contribution in [1.29, 1.82) is 0 Å². The minimum atomic E-state index is -4.43. The van der Waals surface area contributed by atoms with E-state index in [4.69, 9.17) is 0 Å². The number of carbonyl (C=O) groups is 1. The molecule has 0 aliphatic carbocycles. The van der Waals surface area contributed by atoms with E-state index < -0.39 is 17.6 Å². The minimum Gasteiger partial charge on any atom is -0.347 e. The molecule has 0 unspecified atom stereocenters. The van der Waals surface area contributed by atoms with Gasteiger partial charge in [-0.05, 0) is 35.9 Å². The van der Waals surface area contributed by atoms with Crippen molar-refractivity contribution in [1.82, 2.24) is 14.7 Å². The van der Waals surface area contributed by atoms with Crippen LogP contribution in [0.1, 0.15) is 16.8 Å². The maximum atomic E-state index is 12.8. The lowest BCUT2D eigenvalue weighted by Gasteiger charge is -2.05. The molecule has 3 rings (SSSR count). The predicted octanol–water partition coefficient (Wildman–Crippen LogP) is 3.82. The van der Waals surface area contributed by atoms with Gasteiger partial charge >= 0.3 is 6.18 Å². The second kappa shape index (κ2) is 6.99. The zero-order valence-electron chi connectivity index (χ0n) is 13.3. The number of carbonyl (C=O) groups excluding carboxylic acids is 1. The van der Waals surface area contributed by atoms with Gasteiger partial charge in [0.05, 0.1) is 17.8 Å². The summed E-state index contributed by atoms with van der Waals surface area (Å²) >= 11 is 0. The second-order valence-electron chi connectivity index (χ2n) is 5.52. The molecule has 0 aliphatic rings. The molecule has 1 amide bonds. The topological polar surface area (TPSA) is 46.4 Å². The number of pyridine rings is 1. The van der Waals surface area contributed by atoms with Crippen LogP contribution in [0.3, 0.4) is 0 Å². The summed E-state index contributed by atoms with van der Waals surface area (Å²) in [5.41, 5.74) is 0.658. The highest BCUT2D eigenvalue weighted by Gasteiger charge is 2.30. The highest BCUT2D eigenvalue weighted by atomic mass is 19.4. The minimum absolute atomic E-state index is 0.0651. The molecule has 0 saturated carbocycles. The lowest BCUT2D eigenvalue weighted by atomic mass is 10.2. The molecule has 2 aromatic heterocycles. The third-order valence-corrected chi connectivity index (χ3v) is 3.57. The Labute approximate surface area is 145 Å². The largest absolute Gasteiger partial charge is 0.417 e. The van der Waals surface area contributed by atoms with E-state index in [9.17, 15) is 22.4 Å². The van der Waals surface area contributed by atoms with Crippen LogP contribution < -0.4 is 5.32 Å². The molecule has 1 N–H and O–H groups in total. The molecule has 0 fully saturated rings. The first-order valence-corrected chi connectivity index (χ1v) is 7.57. The van der Waals surface area contributed by atoms with E-state index >= 15 is 0 Å². The fourth-order valence-electron chi connectivity index (χ4n) is 2.28. The van der Waals surface area contributed by atoms with Crippen LogP contribution in [0.2, 0.25) is 0 Å². The molecule has 8 heteroatoms. The van der Waals surface area contributed by atoms with Gasteiger partial charge in [-0.2, -0.15) is 13.2 Å². The summed E-state index contributed by atoms with van der Waals surface area (Å²) < 4.78 is 52.2. The maximum Gasteiger partial charge on any atom is 0.417 e. The van der Waals surface area contributed by atoms with Crippen molar-refractivity contribution in [3.05, 3.63) is 77.5 Å². The number of imidazole rings is 1. The van der Waals surface area contributed by atoms with Crippen molar-refractivity contribution < 1.29 is 22.4 Å². The zero-order valence-corrected chi connectivity index (χ0v) is 13.3. The number of aromatic nitrogens is 2. The Morgan fingerprint density at radius 3 is 2.54 bits per heavy atom. The Hall–Kier alpha value is -3.16. The smallest absolute Gasteiger partial charge is 0.347 e. The third-order valence-electron chi connectivity index (χ3n) is 3.57. The summed E-state index contributed by atoms with van der Waals surface area (Å²) in [4.78, 5) is 16.0. The van der Waals surface area contributed by atoms with Crippen molar-refractivity contribution in [3.63, 3.8) is 0 Å². The van der Waals surface area contributed by atoms with Crippen molar-refractivity contribution in [2.75, 3.05) is 0 Å². The van der Waals surface area contributed by atoms with Crippen LogP contribution in [0.25, 0.3) is 11.7 Å². The summed E-state index contributed by atoms with van der Waals surface area (Å²) in [6.45, 7) is 0.0651. The van der Waals surface area contributed by atoms with E-state index in [-0.39, 0.29) is 12.4 Å². The van der Waals surface area contributed by atoms with E-state index in [0.717, 1.165) is 12.3 Å². The Balaban J connectivity index is 1.63. The molecule has 134 valence electrons. The normalized spacial score (nSPS) is 12.0. The number of nitrogens with one attached hydrogen (secondary N) is 1. The van der Waals surface area contributed by atoms with Crippen molar-refractivity contribution in [2.45, 2.75) is 12.7 Å². The molecule has 2 heterocycles. The number of amides is 1. The number of rotatable bonds is 4. The SMILES string of the molecule is O=C(/C=C/c1ccc(F)cc1)NCc1cn2cc(C(F)(F)F)ccc2n1. The predicted molar refractivity (Wildman–Crippen MR) is 87.5 cm³/mol. The van der Waals surface area contributed by atoms with E-state index in [1.807, 2.05) is 0 Å². The van der Waals surface area contributed by atoms with Crippen LogP contribution in [0, 0.1) is 5.82 Å². The van der Waals surface area contributed by atoms with Crippen LogP contribution in [-0.2, 0) is 17.5 Å². The molecule has 0 bridgehead atoms. The summed E-state index contributed by atoms with van der Waals surface area (Å²) in [6.07, 6.45) is 0.744. The van der Waals surface area contributed by atoms with Crippen LogP contribution >= 0.6 is 0 Å². The number of hydrogen-bond acceptors (Lipinski definition) is 2. The molecule has 0 radical (unpaired) electrons. The van der Waals surface area contributed by atoms with Gasteiger partial charge in [-0.15, -0.1) is 0 Å². The highest BCUT2D eigenvalue weighted by Crippen LogP contribution is 2.29. The van der Waals surface area contributed by atoms with Crippen LogP contribution in [-0.4, -0.2) is 15.3 Å². The number of nitrogens with zero attached hydrogens (tertiary/aromatic N) is 2. The van der Waals surface area contributed by atoms with Gasteiger partial charge in [-0.3, -0.25) is 4.79 Å². The molecule has 0 spiro atoms. The van der Waals surface area contributed by atoms with Crippen LogP contribution in [0.5, 0.6) is 0 Å². The molecule has 26 heavy (non-hydrogen) atoms. The number of alkyl halides is 3. The average Bonchev–Trinajstić information content (AvgIpc) is 3.01. The van der Waals surface area contributed by atoms with E-state index in [1.54, 1.807) is 0 Å². The number of benzene rings is 1. The van der Waals surface area contributed by atoms with Gasteiger partial charge in [0.25, 0.3) is 0 Å². The molecule has 4 nitrogen and oxygen atoms in total. The Morgan fingerprint density at radius 1 is 1.12 bits per heavy atom. The quantitative estimate of drug-likeness (QED) is 0.566. The van der Waals surface area contributed by atoms with Crippen LogP contribution in [0.4, 0.5) is 17.6 Å². The van der Waals surface area contributed by atoms with Gasteiger partial charge in [0, 0.05) is 18.5 Å². The van der Waals surface area contributed by atoms with Crippen molar-refractivity contribution in [3.8, 4) is 0 Å². The standard InChI is InChI=1S/C18H13F4N3O/c19-14-5-1-12(2-6-14)3-8-17(26)23-9-15-11-25-10-13(18(20,21)22)4-7-16(25)24-15/h1-8,10-11H,9H2,(H,23,26)/b8-3+. The molecule has 0 saturated heterocycles. The van der Waals surface area contributed by atoms with Crippen molar-refractivity contribution in [2.24, 2.45) is 0 Å². The van der Waals surface area contributed by atoms with Gasteiger partial charge in [0.2, 0.25) is 5.91 Å². The Morgan fingerprint density at radius 2 is 1.85 bits per heavy atom. The molecule has 0 atom stereocenters. The summed E-state index contributed by atoms with van der Waals surface area (Å²) in [7, 11) is 0. The van der Waals surface area contributed by atoms with Gasteiger partial charge in [-0.1, -0.05) is 12.1 Å². The van der Waals surface area contributed by atoms with E-state index in [0.29, 0.717) is 16.9 Å². The molecular weight excluding hydrogens is 350 g/mol. The first kappa shape index (κ1) is 17.7. The zero-order chi connectivity index (χ0) is 18.7. The number of hydrogen-bond donors (Lipinski definition) is 1. The maximum absolute atomic E-state index is 12.8. The first-order chi connectivity index (χ1) is 12.3. The third kappa shape index (κ3) is 4.27. The Bertz CT molecular complexity index is 959. The average molecular weight is 363 g/mol. The molecule has 0 aliphatic heterocycles. The van der Waals surface area contributed by atoms with Gasteiger partial charge in [-0.25, -0.2) is 9.37 Å². The van der Waals surface area contributed by atoms with Gasteiger partial charge < -0.3 is 9.72 Å². The second-order valence-corrected chi connectivity index (χ2v) is 5.52. The summed E-state index contributed by atoms with van der Waals surface area (Å²) in [5, 5.41) is 2.59.